The molecule has 10 nitrogen and oxygen atoms in total. The molecule has 3 aromatic carbocycles. The molecule has 1 heterocycles. The first kappa shape index (κ1) is 31.2. The number of carbonyl (C=O) groups excluding carboxylic acids is 2. The second kappa shape index (κ2) is 13.5. The number of hydrogen-bond acceptors (Lipinski definition) is 7. The molecule has 3 unspecified atom stereocenters. The van der Waals surface area contributed by atoms with Crippen molar-refractivity contribution in [3.05, 3.63) is 100 Å². The number of carbonyl (C=O) groups is 2. The predicted molar refractivity (Wildman–Crippen MR) is 162 cm³/mol. The zero-order valence-electron chi connectivity index (χ0n) is 22.5. The smallest absolute Gasteiger partial charge is 0.264 e. The zero-order valence-corrected chi connectivity index (χ0v) is 24.9. The van der Waals surface area contributed by atoms with E-state index in [0.717, 1.165) is 11.1 Å². The standard InChI is InChI=1S/C29H29Cl2N5O5S/c1-18(26(38)15-21(17-37)28(32)39)33-29(35-42(40,41)24-13-11-23(31)12-14-24)36-16-25(19-5-3-2-4-6-19)27(34-36)20-7-9-22(30)10-8-20/h2-14,18,21,25,37H,15-17H2,1H3,(H2,32,39)(H,33,35). The van der Waals surface area contributed by atoms with Crippen molar-refractivity contribution in [3.8, 4) is 0 Å². The Morgan fingerprint density at radius 3 is 2.21 bits per heavy atom. The molecular formula is C29H29Cl2N5O5S. The van der Waals surface area contributed by atoms with E-state index in [4.69, 9.17) is 34.0 Å². The minimum Gasteiger partial charge on any atom is -0.396 e. The van der Waals surface area contributed by atoms with Crippen LogP contribution in [-0.4, -0.2) is 61.1 Å². The Hall–Kier alpha value is -3.77. The molecule has 0 aliphatic carbocycles. The normalized spacial score (nSPS) is 17.0. The van der Waals surface area contributed by atoms with E-state index in [1.807, 2.05) is 42.5 Å². The third-order valence-electron chi connectivity index (χ3n) is 6.70. The fourth-order valence-electron chi connectivity index (χ4n) is 4.32. The number of aliphatic hydroxyl groups excluding tert-OH is 1. The van der Waals surface area contributed by atoms with Gasteiger partial charge in [-0.3, -0.25) is 9.59 Å². The number of ketones is 1. The lowest BCUT2D eigenvalue weighted by Crippen LogP contribution is -2.42. The lowest BCUT2D eigenvalue weighted by atomic mass is 9.91. The molecule has 1 aliphatic heterocycles. The average Bonchev–Trinajstić information content (AvgIpc) is 3.42. The van der Waals surface area contributed by atoms with Crippen molar-refractivity contribution < 1.29 is 23.1 Å². The number of halogens is 2. The van der Waals surface area contributed by atoms with Gasteiger partial charge >= 0.3 is 0 Å². The van der Waals surface area contributed by atoms with Crippen molar-refractivity contribution in [2.75, 3.05) is 13.2 Å². The summed E-state index contributed by atoms with van der Waals surface area (Å²) in [6.07, 6.45) is -0.361. The molecule has 13 heteroatoms. The molecule has 0 saturated carbocycles. The Morgan fingerprint density at radius 1 is 1.05 bits per heavy atom. The molecule has 0 radical (unpaired) electrons. The first-order valence-corrected chi connectivity index (χ1v) is 15.2. The van der Waals surface area contributed by atoms with Crippen molar-refractivity contribution in [2.24, 2.45) is 21.7 Å². The molecule has 0 aromatic heterocycles. The molecule has 4 rings (SSSR count). The third-order valence-corrected chi connectivity index (χ3v) is 8.55. The summed E-state index contributed by atoms with van der Waals surface area (Å²) < 4.78 is 29.3. The number of amides is 1. The van der Waals surface area contributed by atoms with Gasteiger partial charge < -0.3 is 10.8 Å². The van der Waals surface area contributed by atoms with E-state index in [9.17, 15) is 23.1 Å². The number of sulfonamides is 1. The first-order valence-electron chi connectivity index (χ1n) is 12.9. The summed E-state index contributed by atoms with van der Waals surface area (Å²) in [7, 11) is -4.19. The van der Waals surface area contributed by atoms with Crippen LogP contribution in [-0.2, 0) is 19.6 Å². The van der Waals surface area contributed by atoms with Crippen molar-refractivity contribution in [1.29, 1.82) is 0 Å². The summed E-state index contributed by atoms with van der Waals surface area (Å²) in [6.45, 7) is 1.06. The fourth-order valence-corrected chi connectivity index (χ4v) is 5.59. The van der Waals surface area contributed by atoms with Gasteiger partial charge in [0.1, 0.15) is 6.04 Å². The molecule has 0 bridgehead atoms. The van der Waals surface area contributed by atoms with Crippen molar-refractivity contribution in [3.63, 3.8) is 0 Å². The Labute approximate surface area is 253 Å². The number of benzene rings is 3. The molecule has 0 saturated heterocycles. The van der Waals surface area contributed by atoms with Crippen LogP contribution < -0.4 is 10.5 Å². The van der Waals surface area contributed by atoms with Gasteiger partial charge in [-0.25, -0.2) is 23.1 Å². The zero-order chi connectivity index (χ0) is 30.4. The molecule has 1 aliphatic rings. The lowest BCUT2D eigenvalue weighted by Gasteiger charge is -2.21. The molecule has 3 atom stereocenters. The van der Waals surface area contributed by atoms with E-state index in [2.05, 4.69) is 9.71 Å². The summed E-state index contributed by atoms with van der Waals surface area (Å²) in [5, 5.41) is 16.5. The van der Waals surface area contributed by atoms with Crippen molar-refractivity contribution in [1.82, 2.24) is 9.73 Å². The van der Waals surface area contributed by atoms with Crippen LogP contribution in [0.1, 0.15) is 30.4 Å². The Balaban J connectivity index is 1.76. The highest BCUT2D eigenvalue weighted by Gasteiger charge is 2.34. The number of aliphatic hydroxyl groups is 1. The fraction of sp³-hybridized carbons (Fsp3) is 0.241. The predicted octanol–water partition coefficient (Wildman–Crippen LogP) is 3.57. The molecule has 4 N–H and O–H groups in total. The van der Waals surface area contributed by atoms with Gasteiger partial charge in [-0.15, -0.1) is 0 Å². The van der Waals surface area contributed by atoms with Gasteiger partial charge in [0.2, 0.25) is 11.9 Å². The van der Waals surface area contributed by atoms with Crippen LogP contribution in [0.2, 0.25) is 10.0 Å². The maximum Gasteiger partial charge on any atom is 0.264 e. The van der Waals surface area contributed by atoms with Gasteiger partial charge in [0, 0.05) is 22.4 Å². The van der Waals surface area contributed by atoms with Crippen LogP contribution in [0.4, 0.5) is 0 Å². The van der Waals surface area contributed by atoms with Crippen LogP contribution in [0, 0.1) is 5.92 Å². The minimum atomic E-state index is -4.19. The van der Waals surface area contributed by atoms with E-state index in [-0.39, 0.29) is 29.7 Å². The SMILES string of the molecule is CC(N=C(NS(=O)(=O)c1ccc(Cl)cc1)N1CC(c2ccccc2)C(c2ccc(Cl)cc2)=N1)C(=O)CC(CO)C(N)=O. The number of hydrogen-bond donors (Lipinski definition) is 3. The number of Topliss-reactive ketones (excluding diaryl/α,β-unsaturated/α-hetero) is 1. The monoisotopic (exact) mass is 629 g/mol. The van der Waals surface area contributed by atoms with Crippen LogP contribution in [0.5, 0.6) is 0 Å². The number of nitrogens with two attached hydrogens (primary N) is 1. The number of nitrogens with one attached hydrogen (secondary N) is 1. The second-order valence-corrected chi connectivity index (χ2v) is 12.2. The van der Waals surface area contributed by atoms with Crippen LogP contribution in [0.15, 0.2) is 93.9 Å². The molecule has 3 aromatic rings. The number of primary amides is 1. The van der Waals surface area contributed by atoms with Gasteiger partial charge in [-0.1, -0.05) is 65.7 Å². The average molecular weight is 631 g/mol. The topological polar surface area (TPSA) is 155 Å². The van der Waals surface area contributed by atoms with E-state index in [1.54, 1.807) is 12.1 Å². The second-order valence-electron chi connectivity index (χ2n) is 9.68. The lowest BCUT2D eigenvalue weighted by molar-refractivity contribution is -0.128. The number of rotatable bonds is 10. The number of guanidine groups is 1. The number of nitrogens with zero attached hydrogens (tertiary/aromatic N) is 3. The van der Waals surface area contributed by atoms with E-state index < -0.39 is 40.3 Å². The molecule has 0 spiro atoms. The summed E-state index contributed by atoms with van der Waals surface area (Å²) in [5.41, 5.74) is 7.63. The Kier molecular flexibility index (Phi) is 10.00. The number of hydrazone groups is 1. The highest BCUT2D eigenvalue weighted by Crippen LogP contribution is 2.30. The maximum atomic E-state index is 13.4. The van der Waals surface area contributed by atoms with Gasteiger partial charge in [0.15, 0.2) is 5.78 Å². The van der Waals surface area contributed by atoms with Gasteiger partial charge in [0.05, 0.1) is 29.7 Å². The summed E-state index contributed by atoms with van der Waals surface area (Å²) in [6, 6.07) is 21.1. The highest BCUT2D eigenvalue weighted by molar-refractivity contribution is 7.90. The Bertz CT molecular complexity index is 1600. The summed E-state index contributed by atoms with van der Waals surface area (Å²) in [5.74, 6) is -2.91. The molecule has 42 heavy (non-hydrogen) atoms. The third kappa shape index (κ3) is 7.54. The van der Waals surface area contributed by atoms with Gasteiger partial charge in [-0.05, 0) is 54.4 Å². The molecular weight excluding hydrogens is 601 g/mol. The molecule has 0 fully saturated rings. The maximum absolute atomic E-state index is 13.4. The van der Waals surface area contributed by atoms with Crippen LogP contribution >= 0.6 is 23.2 Å². The van der Waals surface area contributed by atoms with Gasteiger partial charge in [0.25, 0.3) is 10.0 Å². The van der Waals surface area contributed by atoms with Crippen molar-refractivity contribution >= 4 is 56.6 Å². The van der Waals surface area contributed by atoms with Gasteiger partial charge in [-0.2, -0.15) is 5.10 Å². The van der Waals surface area contributed by atoms with E-state index in [0.29, 0.717) is 15.8 Å². The Morgan fingerprint density at radius 2 is 1.64 bits per heavy atom. The molecule has 220 valence electrons. The quantitative estimate of drug-likeness (QED) is 0.230. The van der Waals surface area contributed by atoms with Crippen LogP contribution in [0.3, 0.4) is 0 Å². The highest BCUT2D eigenvalue weighted by atomic mass is 35.5. The van der Waals surface area contributed by atoms with E-state index >= 15 is 0 Å². The molecule has 1 amide bonds. The van der Waals surface area contributed by atoms with Crippen molar-refractivity contribution in [2.45, 2.75) is 30.2 Å². The summed E-state index contributed by atoms with van der Waals surface area (Å²) >= 11 is 12.1. The largest absolute Gasteiger partial charge is 0.396 e. The number of aliphatic imine (C=N–C) groups is 1. The van der Waals surface area contributed by atoms with E-state index in [1.165, 1.54) is 36.2 Å². The minimum absolute atomic E-state index is 0.0756. The summed E-state index contributed by atoms with van der Waals surface area (Å²) in [4.78, 5) is 28.9. The van der Waals surface area contributed by atoms with Crippen LogP contribution in [0.25, 0.3) is 0 Å². The first-order chi connectivity index (χ1) is 20.0.